The molecule has 7 aromatic carbocycles. The molecule has 8 rings (SSSR count). The number of imidazole rings is 1. The minimum atomic E-state index is -2.25. The second kappa shape index (κ2) is 21.0. The van der Waals surface area contributed by atoms with Gasteiger partial charge in [-0.3, -0.25) is 4.57 Å². The fraction of sp³-hybridized carbons (Fsp3) is 0.361. The summed E-state index contributed by atoms with van der Waals surface area (Å²) < 4.78 is 22.4. The van der Waals surface area contributed by atoms with Gasteiger partial charge in [-0.15, -0.1) is 0 Å². The minimum Gasteiger partial charge on any atom is -0.543 e. The summed E-state index contributed by atoms with van der Waals surface area (Å²) in [6.45, 7) is 22.1. The Bertz CT molecular complexity index is 2830. The van der Waals surface area contributed by atoms with Crippen molar-refractivity contribution in [1.82, 2.24) is 9.55 Å². The van der Waals surface area contributed by atoms with Gasteiger partial charge in [-0.05, 0) is 130 Å². The zero-order valence-corrected chi connectivity index (χ0v) is 42.6. The fourth-order valence-corrected chi connectivity index (χ4v) is 10.1. The van der Waals surface area contributed by atoms with E-state index in [2.05, 4.69) is 206 Å². The van der Waals surface area contributed by atoms with E-state index in [9.17, 15) is 0 Å². The van der Waals surface area contributed by atoms with Gasteiger partial charge in [0.2, 0.25) is 0 Å². The average Bonchev–Trinajstić information content (AvgIpc) is 3.75. The molecule has 1 heterocycles. The third-order valence-corrected chi connectivity index (χ3v) is 18.8. The third kappa shape index (κ3) is 10.5. The van der Waals surface area contributed by atoms with E-state index in [1.54, 1.807) is 0 Å². The summed E-state index contributed by atoms with van der Waals surface area (Å²) in [5.41, 5.74) is 8.50. The molecule has 8 aromatic rings. The largest absolute Gasteiger partial charge is 0.543 e. The van der Waals surface area contributed by atoms with Gasteiger partial charge in [-0.2, -0.15) is 0 Å². The lowest BCUT2D eigenvalue weighted by atomic mass is 9.97. The fourth-order valence-electron chi connectivity index (χ4n) is 9.09. The Balaban J connectivity index is 1.33. The molecule has 0 fully saturated rings. The van der Waals surface area contributed by atoms with Crippen LogP contribution in [0.15, 0.2) is 140 Å². The zero-order chi connectivity index (χ0) is 47.1. The predicted octanol–water partition coefficient (Wildman–Crippen LogP) is 17.9. The second-order valence-corrected chi connectivity index (χ2v) is 24.9. The molecule has 5 nitrogen and oxygen atoms in total. The van der Waals surface area contributed by atoms with Crippen LogP contribution in [0.4, 0.5) is 0 Å². The van der Waals surface area contributed by atoms with E-state index in [1.807, 2.05) is 0 Å². The van der Waals surface area contributed by atoms with E-state index in [0.29, 0.717) is 11.8 Å². The van der Waals surface area contributed by atoms with E-state index in [0.717, 1.165) is 104 Å². The maximum absolute atomic E-state index is 7.21. The van der Waals surface area contributed by atoms with Crippen molar-refractivity contribution < 1.29 is 13.9 Å². The molecule has 0 saturated carbocycles. The second-order valence-electron chi connectivity index (χ2n) is 20.2. The molecule has 0 spiro atoms. The molecule has 2 unspecified atom stereocenters. The Kier molecular flexibility index (Phi) is 14.9. The first-order chi connectivity index (χ1) is 32.4. The van der Waals surface area contributed by atoms with Crippen LogP contribution >= 0.6 is 0 Å². The van der Waals surface area contributed by atoms with Crippen LogP contribution < -0.4 is 13.9 Å². The van der Waals surface area contributed by atoms with Crippen LogP contribution in [0.2, 0.25) is 18.1 Å². The molecule has 0 radical (unpaired) electrons. The number of para-hydroxylation sites is 1. The molecule has 0 amide bonds. The van der Waals surface area contributed by atoms with Gasteiger partial charge in [-0.25, -0.2) is 4.98 Å². The van der Waals surface area contributed by atoms with Crippen molar-refractivity contribution in [3.05, 3.63) is 140 Å². The highest BCUT2D eigenvalue weighted by Crippen LogP contribution is 2.45. The van der Waals surface area contributed by atoms with Crippen LogP contribution in [0.25, 0.3) is 71.9 Å². The van der Waals surface area contributed by atoms with Crippen molar-refractivity contribution in [2.24, 2.45) is 11.8 Å². The molecule has 0 N–H and O–H groups in total. The SMILES string of the molecule is CCCCC(CC)COc1ccc(-c2cc(-c3ccc(OCC(CC)CCCC)cc3)cc(-n3c(-c4ccccc4O[Si](C)(C)C(C)(C)C)nc4c5ccccc5c5ccccc5c43)c2)cc1. The summed E-state index contributed by atoms with van der Waals surface area (Å²) in [4.78, 5) is 5.70. The number of unbranched alkanes of at least 4 members (excludes halogenated alkanes) is 2. The number of aromatic nitrogens is 2. The van der Waals surface area contributed by atoms with E-state index in [-0.39, 0.29) is 5.04 Å². The van der Waals surface area contributed by atoms with Crippen LogP contribution in [0.5, 0.6) is 17.2 Å². The zero-order valence-electron chi connectivity index (χ0n) is 41.6. The molecule has 0 bridgehead atoms. The van der Waals surface area contributed by atoms with Crippen LogP contribution in [-0.2, 0) is 0 Å². The molecule has 0 aliphatic heterocycles. The van der Waals surface area contributed by atoms with Crippen LogP contribution in [0.1, 0.15) is 99.8 Å². The number of nitrogens with zero attached hydrogens (tertiary/aromatic N) is 2. The standard InChI is InChI=1S/C61H72N2O3Si/c1-10-14-22-43(12-3)41-64-50-34-30-45(31-35-50)47-38-48(46-32-36-51(37-33-46)65-42-44(13-4)23-15-11-2)40-49(39-47)63-59-55-27-19-17-25-53(55)52-24-16-18-26-54(52)58(59)62-60(63)56-28-20-21-29-57(56)66-67(8,9)61(5,6)7/h16-21,24-40,43-44H,10-15,22-23,41-42H2,1-9H3. The topological polar surface area (TPSA) is 45.5 Å². The van der Waals surface area contributed by atoms with Gasteiger partial charge in [0.05, 0.1) is 29.8 Å². The Morgan fingerprint density at radius 2 is 1.03 bits per heavy atom. The maximum atomic E-state index is 7.21. The molecule has 348 valence electrons. The molecular formula is C61H72N2O3Si. The normalized spacial score (nSPS) is 13.0. The summed E-state index contributed by atoms with van der Waals surface area (Å²) in [6, 6.07) is 50.4. The summed E-state index contributed by atoms with van der Waals surface area (Å²) in [7, 11) is -2.25. The minimum absolute atomic E-state index is 0.0105. The highest BCUT2D eigenvalue weighted by atomic mass is 28.4. The Labute approximate surface area is 401 Å². The highest BCUT2D eigenvalue weighted by molar-refractivity contribution is 6.74. The number of hydrogen-bond donors (Lipinski definition) is 0. The van der Waals surface area contributed by atoms with Gasteiger partial charge >= 0.3 is 0 Å². The van der Waals surface area contributed by atoms with Crippen molar-refractivity contribution in [1.29, 1.82) is 0 Å². The Hall–Kier alpha value is -5.85. The monoisotopic (exact) mass is 909 g/mol. The quantitative estimate of drug-likeness (QED) is 0.0565. The first-order valence-electron chi connectivity index (χ1n) is 25.1. The first-order valence-corrected chi connectivity index (χ1v) is 28.1. The molecule has 1 aromatic heterocycles. The number of hydrogen-bond acceptors (Lipinski definition) is 4. The van der Waals surface area contributed by atoms with E-state index >= 15 is 0 Å². The van der Waals surface area contributed by atoms with Crippen molar-refractivity contribution in [2.75, 3.05) is 13.2 Å². The summed E-state index contributed by atoms with van der Waals surface area (Å²) in [6.07, 6.45) is 9.56. The maximum Gasteiger partial charge on any atom is 0.250 e. The lowest BCUT2D eigenvalue weighted by molar-refractivity contribution is 0.233. The number of rotatable bonds is 20. The highest BCUT2D eigenvalue weighted by Gasteiger charge is 2.39. The lowest BCUT2D eigenvalue weighted by Gasteiger charge is -2.37. The van der Waals surface area contributed by atoms with Crippen LogP contribution in [0.3, 0.4) is 0 Å². The molecule has 6 heteroatoms. The molecular weight excluding hydrogens is 837 g/mol. The van der Waals surface area contributed by atoms with Crippen molar-refractivity contribution in [3.63, 3.8) is 0 Å². The molecule has 2 atom stereocenters. The Morgan fingerprint density at radius 1 is 0.552 bits per heavy atom. The van der Waals surface area contributed by atoms with Gasteiger partial charge in [-0.1, -0.05) is 172 Å². The Morgan fingerprint density at radius 3 is 1.54 bits per heavy atom. The van der Waals surface area contributed by atoms with Gasteiger partial charge in [0.25, 0.3) is 8.32 Å². The van der Waals surface area contributed by atoms with Crippen molar-refractivity contribution in [2.45, 2.75) is 118 Å². The van der Waals surface area contributed by atoms with Gasteiger partial charge in [0, 0.05) is 16.5 Å². The van der Waals surface area contributed by atoms with Gasteiger partial charge in [0.15, 0.2) is 0 Å². The van der Waals surface area contributed by atoms with E-state index < -0.39 is 8.32 Å². The lowest BCUT2D eigenvalue weighted by Crippen LogP contribution is -2.44. The van der Waals surface area contributed by atoms with Crippen molar-refractivity contribution >= 4 is 40.9 Å². The average molecular weight is 909 g/mol. The third-order valence-electron chi connectivity index (χ3n) is 14.4. The van der Waals surface area contributed by atoms with E-state index in [4.69, 9.17) is 18.9 Å². The number of ether oxygens (including phenoxy) is 2. The number of fused-ring (bicyclic) bond motifs is 6. The summed E-state index contributed by atoms with van der Waals surface area (Å²) >= 11 is 0. The summed E-state index contributed by atoms with van der Waals surface area (Å²) in [5.74, 6) is 4.66. The predicted molar refractivity (Wildman–Crippen MR) is 288 cm³/mol. The van der Waals surface area contributed by atoms with Gasteiger partial charge < -0.3 is 13.9 Å². The molecule has 0 aliphatic rings. The first kappa shape index (κ1) is 47.6. The number of benzene rings is 7. The molecule has 0 saturated heterocycles. The van der Waals surface area contributed by atoms with Crippen LogP contribution in [-0.4, -0.2) is 31.1 Å². The smallest absolute Gasteiger partial charge is 0.250 e. The van der Waals surface area contributed by atoms with E-state index in [1.165, 1.54) is 49.3 Å². The molecule has 0 aliphatic carbocycles. The van der Waals surface area contributed by atoms with Gasteiger partial charge in [0.1, 0.15) is 23.1 Å². The molecule has 67 heavy (non-hydrogen) atoms. The van der Waals surface area contributed by atoms with Crippen molar-refractivity contribution in [3.8, 4) is 56.6 Å². The van der Waals surface area contributed by atoms with Crippen LogP contribution in [0, 0.1) is 11.8 Å². The summed E-state index contributed by atoms with van der Waals surface area (Å²) in [5, 5.41) is 4.68.